The number of nitrogens with two attached hydrogens (primary N) is 1. The van der Waals surface area contributed by atoms with Gasteiger partial charge in [-0.25, -0.2) is 0 Å². The zero-order valence-corrected chi connectivity index (χ0v) is 9.99. The van der Waals surface area contributed by atoms with E-state index in [0.717, 1.165) is 19.5 Å². The molecule has 0 fully saturated rings. The second-order valence-corrected chi connectivity index (χ2v) is 4.59. The van der Waals surface area contributed by atoms with Crippen molar-refractivity contribution in [1.29, 1.82) is 0 Å². The summed E-state index contributed by atoms with van der Waals surface area (Å²) in [6.07, 6.45) is 12.2. The molecule has 2 N–H and O–H groups in total. The molecule has 1 heterocycles. The molecule has 0 aromatic carbocycles. The standard InChI is InChI=1S/C14H22N2/c15-10-8-14-7-4-11-16(14)12-9-13-5-2-1-3-6-13/h4-5,7,11H,1-3,6,8-10,12,15H2. The molecule has 0 spiro atoms. The van der Waals surface area contributed by atoms with Gasteiger partial charge in [-0.15, -0.1) is 0 Å². The lowest BCUT2D eigenvalue weighted by Crippen LogP contribution is -2.09. The minimum absolute atomic E-state index is 0.743. The number of hydrogen-bond donors (Lipinski definition) is 1. The van der Waals surface area contributed by atoms with Crippen molar-refractivity contribution in [1.82, 2.24) is 4.57 Å². The first-order valence-electron chi connectivity index (χ1n) is 6.42. The maximum absolute atomic E-state index is 5.60. The molecule has 2 heteroatoms. The Labute approximate surface area is 98.1 Å². The van der Waals surface area contributed by atoms with Gasteiger partial charge >= 0.3 is 0 Å². The van der Waals surface area contributed by atoms with Crippen LogP contribution in [0.5, 0.6) is 0 Å². The normalized spacial score (nSPS) is 16.2. The third-order valence-corrected chi connectivity index (χ3v) is 3.38. The molecule has 0 radical (unpaired) electrons. The zero-order valence-electron chi connectivity index (χ0n) is 9.99. The van der Waals surface area contributed by atoms with Crippen LogP contribution in [0, 0.1) is 0 Å². The Kier molecular flexibility index (Phi) is 4.23. The number of aryl methyl sites for hydroxylation is 1. The summed E-state index contributed by atoms with van der Waals surface area (Å²) in [6.45, 7) is 1.86. The van der Waals surface area contributed by atoms with Crippen LogP contribution in [-0.4, -0.2) is 11.1 Å². The van der Waals surface area contributed by atoms with Gasteiger partial charge in [-0.3, -0.25) is 0 Å². The topological polar surface area (TPSA) is 30.9 Å². The molecular formula is C14H22N2. The highest BCUT2D eigenvalue weighted by molar-refractivity contribution is 5.10. The van der Waals surface area contributed by atoms with E-state index in [4.69, 9.17) is 5.73 Å². The van der Waals surface area contributed by atoms with Crippen molar-refractivity contribution in [3.05, 3.63) is 35.7 Å². The molecule has 2 nitrogen and oxygen atoms in total. The monoisotopic (exact) mass is 218 g/mol. The second-order valence-electron chi connectivity index (χ2n) is 4.59. The van der Waals surface area contributed by atoms with Crippen molar-refractivity contribution in [2.45, 2.75) is 45.1 Å². The Morgan fingerprint density at radius 2 is 2.19 bits per heavy atom. The van der Waals surface area contributed by atoms with E-state index in [-0.39, 0.29) is 0 Å². The fraction of sp³-hybridized carbons (Fsp3) is 0.571. The molecule has 88 valence electrons. The van der Waals surface area contributed by atoms with Gasteiger partial charge in [-0.05, 0) is 57.2 Å². The highest BCUT2D eigenvalue weighted by Gasteiger charge is 2.05. The molecule has 0 saturated carbocycles. The zero-order chi connectivity index (χ0) is 11.2. The predicted molar refractivity (Wildman–Crippen MR) is 68.4 cm³/mol. The highest BCUT2D eigenvalue weighted by Crippen LogP contribution is 2.21. The SMILES string of the molecule is NCCc1cccn1CCC1=CCCCC1. The maximum atomic E-state index is 5.60. The van der Waals surface area contributed by atoms with Gasteiger partial charge in [0.1, 0.15) is 0 Å². The molecule has 0 saturated heterocycles. The van der Waals surface area contributed by atoms with Crippen molar-refractivity contribution in [3.8, 4) is 0 Å². The minimum Gasteiger partial charge on any atom is -0.351 e. The molecule has 0 bridgehead atoms. The van der Waals surface area contributed by atoms with Crippen LogP contribution in [0.2, 0.25) is 0 Å². The van der Waals surface area contributed by atoms with Crippen molar-refractivity contribution in [3.63, 3.8) is 0 Å². The molecule has 1 aliphatic carbocycles. The smallest absolute Gasteiger partial charge is 0.0259 e. The van der Waals surface area contributed by atoms with Gasteiger partial charge in [-0.1, -0.05) is 11.6 Å². The van der Waals surface area contributed by atoms with Crippen LogP contribution < -0.4 is 5.73 Å². The molecule has 16 heavy (non-hydrogen) atoms. The average Bonchev–Trinajstić information content (AvgIpc) is 2.76. The fourth-order valence-electron chi connectivity index (χ4n) is 2.44. The predicted octanol–water partition coefficient (Wildman–Crippen LogP) is 2.88. The van der Waals surface area contributed by atoms with Gasteiger partial charge < -0.3 is 10.3 Å². The maximum Gasteiger partial charge on any atom is 0.0259 e. The van der Waals surface area contributed by atoms with E-state index in [9.17, 15) is 0 Å². The second kappa shape index (κ2) is 5.90. The molecule has 0 atom stereocenters. The van der Waals surface area contributed by atoms with E-state index >= 15 is 0 Å². The van der Waals surface area contributed by atoms with E-state index in [1.54, 1.807) is 5.57 Å². The third-order valence-electron chi connectivity index (χ3n) is 3.38. The van der Waals surface area contributed by atoms with Crippen LogP contribution in [0.4, 0.5) is 0 Å². The lowest BCUT2D eigenvalue weighted by atomic mass is 9.97. The summed E-state index contributed by atoms with van der Waals surface area (Å²) in [4.78, 5) is 0. The first kappa shape index (κ1) is 11.5. The summed E-state index contributed by atoms with van der Waals surface area (Å²) in [5, 5.41) is 0. The molecule has 0 aliphatic heterocycles. The van der Waals surface area contributed by atoms with Crippen LogP contribution in [0.1, 0.15) is 37.8 Å². The summed E-state index contributed by atoms with van der Waals surface area (Å²) in [5.41, 5.74) is 8.63. The lowest BCUT2D eigenvalue weighted by molar-refractivity contribution is 0.611. The number of nitrogens with zero attached hydrogens (tertiary/aromatic N) is 1. The van der Waals surface area contributed by atoms with Crippen molar-refractivity contribution in [2.24, 2.45) is 5.73 Å². The van der Waals surface area contributed by atoms with E-state index in [1.165, 1.54) is 37.8 Å². The number of allylic oxidation sites excluding steroid dienone is 2. The molecule has 0 amide bonds. The Hall–Kier alpha value is -1.02. The lowest BCUT2D eigenvalue weighted by Gasteiger charge is -2.14. The first-order chi connectivity index (χ1) is 7.90. The summed E-state index contributed by atoms with van der Waals surface area (Å²) in [5.74, 6) is 0. The summed E-state index contributed by atoms with van der Waals surface area (Å²) in [6, 6.07) is 4.31. The Morgan fingerprint density at radius 3 is 2.94 bits per heavy atom. The van der Waals surface area contributed by atoms with E-state index < -0.39 is 0 Å². The Morgan fingerprint density at radius 1 is 1.25 bits per heavy atom. The highest BCUT2D eigenvalue weighted by atomic mass is 15.0. The van der Waals surface area contributed by atoms with Crippen molar-refractivity contribution in [2.75, 3.05) is 6.54 Å². The van der Waals surface area contributed by atoms with E-state index in [1.807, 2.05) is 0 Å². The first-order valence-corrected chi connectivity index (χ1v) is 6.42. The summed E-state index contributed by atoms with van der Waals surface area (Å²) < 4.78 is 2.35. The van der Waals surface area contributed by atoms with Crippen LogP contribution in [0.3, 0.4) is 0 Å². The molecule has 1 aromatic rings. The van der Waals surface area contributed by atoms with Crippen LogP contribution >= 0.6 is 0 Å². The Bertz CT molecular complexity index is 349. The van der Waals surface area contributed by atoms with E-state index in [0.29, 0.717) is 0 Å². The van der Waals surface area contributed by atoms with Gasteiger partial charge in [0.15, 0.2) is 0 Å². The van der Waals surface area contributed by atoms with Crippen molar-refractivity contribution >= 4 is 0 Å². The van der Waals surface area contributed by atoms with Crippen molar-refractivity contribution < 1.29 is 0 Å². The van der Waals surface area contributed by atoms with Gasteiger partial charge in [-0.2, -0.15) is 0 Å². The number of rotatable bonds is 5. The third kappa shape index (κ3) is 2.99. The van der Waals surface area contributed by atoms with Crippen LogP contribution in [-0.2, 0) is 13.0 Å². The fourth-order valence-corrected chi connectivity index (χ4v) is 2.44. The van der Waals surface area contributed by atoms with Gasteiger partial charge in [0.05, 0.1) is 0 Å². The molecule has 2 rings (SSSR count). The average molecular weight is 218 g/mol. The minimum atomic E-state index is 0.743. The number of aromatic nitrogens is 1. The summed E-state index contributed by atoms with van der Waals surface area (Å²) in [7, 11) is 0. The van der Waals surface area contributed by atoms with E-state index in [2.05, 4.69) is 29.0 Å². The molecule has 0 unspecified atom stereocenters. The van der Waals surface area contributed by atoms with Gasteiger partial charge in [0.2, 0.25) is 0 Å². The Balaban J connectivity index is 1.88. The molecule has 1 aliphatic rings. The number of hydrogen-bond acceptors (Lipinski definition) is 1. The molecular weight excluding hydrogens is 196 g/mol. The van der Waals surface area contributed by atoms with Crippen LogP contribution in [0.25, 0.3) is 0 Å². The van der Waals surface area contributed by atoms with Gasteiger partial charge in [0, 0.05) is 18.4 Å². The van der Waals surface area contributed by atoms with Gasteiger partial charge in [0.25, 0.3) is 0 Å². The molecule has 1 aromatic heterocycles. The summed E-state index contributed by atoms with van der Waals surface area (Å²) >= 11 is 0. The van der Waals surface area contributed by atoms with Crippen LogP contribution in [0.15, 0.2) is 30.0 Å². The largest absolute Gasteiger partial charge is 0.351 e. The quantitative estimate of drug-likeness (QED) is 0.757.